The second-order valence-corrected chi connectivity index (χ2v) is 13.2. The summed E-state index contributed by atoms with van der Waals surface area (Å²) in [4.78, 5) is 18.6. The first kappa shape index (κ1) is 34.6. The fraction of sp³-hybridized carbons (Fsp3) is 0.410. The maximum atomic E-state index is 14.3. The molecule has 2 fully saturated rings. The van der Waals surface area contributed by atoms with Crippen LogP contribution in [0.4, 0.5) is 20.5 Å². The van der Waals surface area contributed by atoms with Gasteiger partial charge in [-0.2, -0.15) is 9.97 Å². The number of anilines is 2. The number of aromatic nitrogens is 4. The van der Waals surface area contributed by atoms with E-state index in [1.165, 1.54) is 4.57 Å². The molecule has 10 nitrogen and oxygen atoms in total. The third-order valence-electron chi connectivity index (χ3n) is 10.1. The number of ether oxygens (including phenoxy) is 3. The first-order valence-electron chi connectivity index (χ1n) is 17.7. The number of nitrogens with zero attached hydrogens (tertiary/aromatic N) is 6. The van der Waals surface area contributed by atoms with Crippen LogP contribution in [0, 0.1) is 5.92 Å². The Morgan fingerprint density at radius 3 is 2.06 bits per heavy atom. The Morgan fingerprint density at radius 1 is 0.804 bits per heavy atom. The quantitative estimate of drug-likeness (QED) is 0.136. The summed E-state index contributed by atoms with van der Waals surface area (Å²) in [6.07, 6.45) is 1.37. The minimum absolute atomic E-state index is 0.335. The van der Waals surface area contributed by atoms with E-state index in [0.717, 1.165) is 61.4 Å². The monoisotopic (exact) mass is 697 g/mol. The highest BCUT2D eigenvalue weighted by Gasteiger charge is 2.28. The molecule has 0 spiro atoms. The molecule has 268 valence electrons. The van der Waals surface area contributed by atoms with Crippen molar-refractivity contribution in [3.63, 3.8) is 0 Å². The van der Waals surface area contributed by atoms with E-state index < -0.39 is 6.43 Å². The standard InChI is InChI=1S/C39H45F2N7O3/c1-49-33-13-7-3-9-28(33)25-47(26-29-10-4-8-14-34(29)50-2)30-17-15-27(16-18-30)24-42-39-44-35(46-19-21-51-22-20-46)23-36(45-39)48-32-12-6-5-11-31(32)43-38(48)37(40)41/h3-14,23,27,30,37H,15-22,24-26H2,1-2H3,(H,42,44,45). The summed E-state index contributed by atoms with van der Waals surface area (Å²) in [5.74, 6) is 3.32. The van der Waals surface area contributed by atoms with Crippen LogP contribution in [-0.2, 0) is 17.8 Å². The minimum Gasteiger partial charge on any atom is -0.496 e. The average molecular weight is 698 g/mol. The Hall–Kier alpha value is -4.81. The zero-order valence-electron chi connectivity index (χ0n) is 29.2. The molecular weight excluding hydrogens is 652 g/mol. The second kappa shape index (κ2) is 16.0. The van der Waals surface area contributed by atoms with E-state index >= 15 is 0 Å². The first-order chi connectivity index (χ1) is 25.0. The number of imidazole rings is 1. The molecule has 1 saturated carbocycles. The van der Waals surface area contributed by atoms with E-state index in [4.69, 9.17) is 24.2 Å². The number of para-hydroxylation sites is 4. The molecule has 2 aliphatic rings. The van der Waals surface area contributed by atoms with Gasteiger partial charge in [-0.15, -0.1) is 0 Å². The molecule has 51 heavy (non-hydrogen) atoms. The van der Waals surface area contributed by atoms with Crippen LogP contribution in [0.2, 0.25) is 0 Å². The SMILES string of the molecule is COc1ccccc1CN(Cc1ccccc1OC)C1CCC(CNc2nc(N3CCOCC3)cc(-n3c(C(F)F)nc4ccccc43)n2)CC1. The van der Waals surface area contributed by atoms with Gasteiger partial charge in [0.25, 0.3) is 6.43 Å². The fourth-order valence-corrected chi connectivity index (χ4v) is 7.37. The summed E-state index contributed by atoms with van der Waals surface area (Å²) in [6, 6.07) is 25.8. The normalized spacial score (nSPS) is 18.0. The van der Waals surface area contributed by atoms with E-state index in [0.29, 0.717) is 73.4 Å². The number of morpholine rings is 1. The topological polar surface area (TPSA) is 89.8 Å². The van der Waals surface area contributed by atoms with Crippen molar-refractivity contribution in [3.8, 4) is 17.3 Å². The molecule has 0 bridgehead atoms. The first-order valence-corrected chi connectivity index (χ1v) is 17.7. The molecule has 3 heterocycles. The van der Waals surface area contributed by atoms with Gasteiger partial charge in [-0.05, 0) is 55.9 Å². The molecule has 1 N–H and O–H groups in total. The molecule has 7 rings (SSSR count). The van der Waals surface area contributed by atoms with Crippen molar-refractivity contribution >= 4 is 22.8 Å². The Kier molecular flexibility index (Phi) is 10.9. The van der Waals surface area contributed by atoms with Crippen molar-refractivity contribution in [2.45, 2.75) is 51.2 Å². The zero-order chi connectivity index (χ0) is 35.2. The van der Waals surface area contributed by atoms with Crippen LogP contribution in [0.5, 0.6) is 11.5 Å². The zero-order valence-corrected chi connectivity index (χ0v) is 29.2. The second-order valence-electron chi connectivity index (χ2n) is 13.2. The summed E-state index contributed by atoms with van der Waals surface area (Å²) in [7, 11) is 3.44. The summed E-state index contributed by atoms with van der Waals surface area (Å²) >= 11 is 0. The number of hydrogen-bond acceptors (Lipinski definition) is 9. The Bertz CT molecular complexity index is 1860. The van der Waals surface area contributed by atoms with E-state index in [2.05, 4.69) is 44.4 Å². The maximum Gasteiger partial charge on any atom is 0.296 e. The lowest BCUT2D eigenvalue weighted by Gasteiger charge is -2.37. The number of methoxy groups -OCH3 is 2. The highest BCUT2D eigenvalue weighted by molar-refractivity contribution is 5.78. The predicted molar refractivity (Wildman–Crippen MR) is 194 cm³/mol. The van der Waals surface area contributed by atoms with Crippen LogP contribution < -0.4 is 19.7 Å². The van der Waals surface area contributed by atoms with E-state index in [9.17, 15) is 8.78 Å². The summed E-state index contributed by atoms with van der Waals surface area (Å²) < 4.78 is 47.1. The van der Waals surface area contributed by atoms with Crippen LogP contribution in [0.15, 0.2) is 78.9 Å². The Balaban J connectivity index is 1.09. The summed E-state index contributed by atoms with van der Waals surface area (Å²) in [5, 5.41) is 3.50. The number of halogens is 2. The number of alkyl halides is 2. The molecule has 0 atom stereocenters. The van der Waals surface area contributed by atoms with Gasteiger partial charge in [0.15, 0.2) is 5.82 Å². The van der Waals surface area contributed by atoms with Gasteiger partial charge in [0.2, 0.25) is 5.95 Å². The molecule has 5 aromatic rings. The van der Waals surface area contributed by atoms with Crippen LogP contribution in [-0.4, -0.2) is 77.5 Å². The van der Waals surface area contributed by atoms with Gasteiger partial charge < -0.3 is 24.4 Å². The molecule has 0 unspecified atom stereocenters. The Morgan fingerprint density at radius 2 is 1.41 bits per heavy atom. The number of benzene rings is 3. The molecule has 0 amide bonds. The van der Waals surface area contributed by atoms with Crippen molar-refractivity contribution in [2.75, 3.05) is 57.3 Å². The predicted octanol–water partition coefficient (Wildman–Crippen LogP) is 7.28. The van der Waals surface area contributed by atoms with Gasteiger partial charge in [0.05, 0.1) is 38.5 Å². The van der Waals surface area contributed by atoms with Crippen LogP contribution in [0.25, 0.3) is 16.9 Å². The average Bonchev–Trinajstić information content (AvgIpc) is 3.58. The fourth-order valence-electron chi connectivity index (χ4n) is 7.37. The number of hydrogen-bond donors (Lipinski definition) is 1. The smallest absolute Gasteiger partial charge is 0.296 e. The van der Waals surface area contributed by atoms with Gasteiger partial charge in [-0.25, -0.2) is 13.8 Å². The van der Waals surface area contributed by atoms with Gasteiger partial charge >= 0.3 is 0 Å². The third kappa shape index (κ3) is 7.92. The molecule has 1 aliphatic heterocycles. The van der Waals surface area contributed by atoms with E-state index in [1.807, 2.05) is 30.3 Å². The van der Waals surface area contributed by atoms with Gasteiger partial charge in [-0.1, -0.05) is 48.5 Å². The van der Waals surface area contributed by atoms with Gasteiger partial charge in [0.1, 0.15) is 23.1 Å². The number of rotatable bonds is 13. The third-order valence-corrected chi connectivity index (χ3v) is 10.1. The van der Waals surface area contributed by atoms with Crippen LogP contribution >= 0.6 is 0 Å². The molecular formula is C39H45F2N7O3. The molecule has 12 heteroatoms. The van der Waals surface area contributed by atoms with E-state index in [-0.39, 0.29) is 5.82 Å². The van der Waals surface area contributed by atoms with E-state index in [1.54, 1.807) is 38.5 Å². The lowest BCUT2D eigenvalue weighted by Crippen LogP contribution is -2.38. The highest BCUT2D eigenvalue weighted by atomic mass is 19.3. The summed E-state index contributed by atoms with van der Waals surface area (Å²) in [6.45, 7) is 4.69. The molecule has 0 radical (unpaired) electrons. The number of fused-ring (bicyclic) bond motifs is 1. The largest absolute Gasteiger partial charge is 0.496 e. The lowest BCUT2D eigenvalue weighted by molar-refractivity contribution is 0.121. The van der Waals surface area contributed by atoms with Gasteiger partial charge in [-0.3, -0.25) is 9.47 Å². The molecule has 3 aromatic carbocycles. The lowest BCUT2D eigenvalue weighted by atomic mass is 9.85. The molecule has 1 aliphatic carbocycles. The highest BCUT2D eigenvalue weighted by Crippen LogP contribution is 2.34. The summed E-state index contributed by atoms with van der Waals surface area (Å²) in [5.41, 5.74) is 3.39. The van der Waals surface area contributed by atoms with Crippen LogP contribution in [0.1, 0.15) is 49.1 Å². The van der Waals surface area contributed by atoms with Crippen molar-refractivity contribution in [1.82, 2.24) is 24.4 Å². The minimum atomic E-state index is -2.77. The molecule has 1 saturated heterocycles. The van der Waals surface area contributed by atoms with Crippen LogP contribution in [0.3, 0.4) is 0 Å². The number of nitrogens with one attached hydrogen (secondary N) is 1. The van der Waals surface area contributed by atoms with Crippen molar-refractivity contribution in [3.05, 3.63) is 95.8 Å². The van der Waals surface area contributed by atoms with Crippen molar-refractivity contribution in [2.24, 2.45) is 5.92 Å². The van der Waals surface area contributed by atoms with Crippen molar-refractivity contribution < 1.29 is 23.0 Å². The maximum absolute atomic E-state index is 14.3. The van der Waals surface area contributed by atoms with Crippen molar-refractivity contribution in [1.29, 1.82) is 0 Å². The Labute approximate surface area is 297 Å². The van der Waals surface area contributed by atoms with Gasteiger partial charge in [0, 0.05) is 56.0 Å². The molecule has 2 aromatic heterocycles.